The molecule has 0 fully saturated rings. The van der Waals surface area contributed by atoms with Crippen molar-refractivity contribution in [2.45, 2.75) is 33.0 Å². The summed E-state index contributed by atoms with van der Waals surface area (Å²) in [6, 6.07) is 13.8. The molecule has 24 heavy (non-hydrogen) atoms. The van der Waals surface area contributed by atoms with E-state index in [2.05, 4.69) is 0 Å². The molecule has 126 valence electrons. The maximum absolute atomic E-state index is 14.4. The fraction of sp³-hybridized carbons (Fsp3) is 0.263. The van der Waals surface area contributed by atoms with E-state index in [0.717, 1.165) is 5.56 Å². The molecule has 0 heterocycles. The molecule has 4 nitrogen and oxygen atoms in total. The van der Waals surface area contributed by atoms with Crippen LogP contribution in [-0.2, 0) is 19.1 Å². The predicted molar refractivity (Wildman–Crippen MR) is 87.6 cm³/mol. The van der Waals surface area contributed by atoms with Crippen molar-refractivity contribution < 1.29 is 23.5 Å². The molecule has 2 rings (SSSR count). The zero-order valence-electron chi connectivity index (χ0n) is 13.8. The van der Waals surface area contributed by atoms with Crippen molar-refractivity contribution in [3.05, 3.63) is 59.9 Å². The van der Waals surface area contributed by atoms with Crippen molar-refractivity contribution in [3.8, 4) is 11.1 Å². The average Bonchev–Trinajstić information content (AvgIpc) is 2.54. The number of hydrogen-bond donors (Lipinski definition) is 0. The van der Waals surface area contributed by atoms with E-state index in [4.69, 9.17) is 9.47 Å². The topological polar surface area (TPSA) is 52.6 Å². The van der Waals surface area contributed by atoms with E-state index in [9.17, 15) is 14.0 Å². The number of carbonyl (C=O) groups excluding carboxylic acids is 2. The van der Waals surface area contributed by atoms with E-state index in [1.54, 1.807) is 19.1 Å². The van der Waals surface area contributed by atoms with E-state index in [-0.39, 0.29) is 0 Å². The van der Waals surface area contributed by atoms with Gasteiger partial charge in [-0.15, -0.1) is 0 Å². The minimum atomic E-state index is -0.981. The van der Waals surface area contributed by atoms with Crippen molar-refractivity contribution in [1.82, 2.24) is 0 Å². The molecule has 0 aliphatic carbocycles. The van der Waals surface area contributed by atoms with Crippen molar-refractivity contribution in [2.24, 2.45) is 0 Å². The Labute approximate surface area is 140 Å². The van der Waals surface area contributed by atoms with Crippen LogP contribution in [0.15, 0.2) is 48.5 Å². The summed E-state index contributed by atoms with van der Waals surface area (Å²) in [5.74, 6) is -2.22. The standard InChI is InChI=1S/C19H19FO4/c1-12(19(22)24-14(3)23-13(2)21)16-9-10-17(18(20)11-16)15-7-5-4-6-8-15/h4-12,14H,1-3H3/t12-,14+/m1/s1. The van der Waals surface area contributed by atoms with Gasteiger partial charge in [-0.1, -0.05) is 42.5 Å². The van der Waals surface area contributed by atoms with Gasteiger partial charge < -0.3 is 9.47 Å². The Morgan fingerprint density at radius 2 is 1.67 bits per heavy atom. The predicted octanol–water partition coefficient (Wildman–Crippen LogP) is 4.05. The molecule has 0 aliphatic rings. The second kappa shape index (κ2) is 7.73. The minimum Gasteiger partial charge on any atom is -0.426 e. The SMILES string of the molecule is CC(=O)O[C@H](C)OC(=O)[C@H](C)c1ccc(-c2ccccc2)c(F)c1. The van der Waals surface area contributed by atoms with E-state index in [1.165, 1.54) is 19.9 Å². The Bertz CT molecular complexity index is 727. The molecule has 0 amide bonds. The third kappa shape index (κ3) is 4.41. The van der Waals surface area contributed by atoms with Gasteiger partial charge in [0.15, 0.2) is 0 Å². The number of halogens is 1. The Morgan fingerprint density at radius 1 is 1.00 bits per heavy atom. The molecule has 2 aromatic rings. The summed E-state index contributed by atoms with van der Waals surface area (Å²) >= 11 is 0. The summed E-state index contributed by atoms with van der Waals surface area (Å²) in [4.78, 5) is 22.9. The number of benzene rings is 2. The molecule has 0 radical (unpaired) electrons. The monoisotopic (exact) mass is 330 g/mol. The summed E-state index contributed by atoms with van der Waals surface area (Å²) in [6.45, 7) is 4.29. The average molecular weight is 330 g/mol. The third-order valence-electron chi connectivity index (χ3n) is 3.55. The Morgan fingerprint density at radius 3 is 2.25 bits per heavy atom. The second-order valence-corrected chi connectivity index (χ2v) is 5.44. The lowest BCUT2D eigenvalue weighted by molar-refractivity contribution is -0.183. The first-order valence-corrected chi connectivity index (χ1v) is 7.61. The van der Waals surface area contributed by atoms with Gasteiger partial charge in [-0.3, -0.25) is 9.59 Å². The molecule has 0 spiro atoms. The minimum absolute atomic E-state index is 0.411. The zero-order chi connectivity index (χ0) is 17.7. The first-order valence-electron chi connectivity index (χ1n) is 7.61. The zero-order valence-corrected chi connectivity index (χ0v) is 13.8. The van der Waals surface area contributed by atoms with Crippen molar-refractivity contribution in [2.75, 3.05) is 0 Å². The Hall–Kier alpha value is -2.69. The molecular formula is C19H19FO4. The van der Waals surface area contributed by atoms with Crippen molar-refractivity contribution >= 4 is 11.9 Å². The summed E-state index contributed by atoms with van der Waals surface area (Å²) in [6.07, 6.45) is -0.981. The molecule has 2 atom stereocenters. The van der Waals surface area contributed by atoms with Crippen LogP contribution in [0.25, 0.3) is 11.1 Å². The molecule has 0 bridgehead atoms. The molecule has 0 saturated heterocycles. The smallest absolute Gasteiger partial charge is 0.316 e. The fourth-order valence-electron chi connectivity index (χ4n) is 2.31. The summed E-state index contributed by atoms with van der Waals surface area (Å²) < 4.78 is 24.2. The first-order chi connectivity index (χ1) is 11.4. The summed E-state index contributed by atoms with van der Waals surface area (Å²) in [5, 5.41) is 0. The van der Waals surface area contributed by atoms with Crippen molar-refractivity contribution in [1.29, 1.82) is 0 Å². The highest BCUT2D eigenvalue weighted by molar-refractivity contribution is 5.78. The van der Waals surface area contributed by atoms with Gasteiger partial charge in [-0.05, 0) is 24.1 Å². The quantitative estimate of drug-likeness (QED) is 0.613. The van der Waals surface area contributed by atoms with Crippen molar-refractivity contribution in [3.63, 3.8) is 0 Å². The number of ether oxygens (including phenoxy) is 2. The Kier molecular flexibility index (Phi) is 5.68. The van der Waals surface area contributed by atoms with Crippen LogP contribution in [0.3, 0.4) is 0 Å². The Balaban J connectivity index is 2.13. The van der Waals surface area contributed by atoms with Crippen LogP contribution in [0.1, 0.15) is 32.3 Å². The summed E-state index contributed by atoms with van der Waals surface area (Å²) in [7, 11) is 0. The van der Waals surface area contributed by atoms with Crippen LogP contribution in [0, 0.1) is 5.82 Å². The molecular weight excluding hydrogens is 311 g/mol. The molecule has 0 saturated carbocycles. The maximum Gasteiger partial charge on any atom is 0.316 e. The van der Waals surface area contributed by atoms with Crippen LogP contribution < -0.4 is 0 Å². The van der Waals surface area contributed by atoms with E-state index < -0.39 is 30.0 Å². The fourth-order valence-corrected chi connectivity index (χ4v) is 2.31. The number of carbonyl (C=O) groups is 2. The van der Waals surface area contributed by atoms with Crippen LogP contribution >= 0.6 is 0 Å². The number of hydrogen-bond acceptors (Lipinski definition) is 4. The van der Waals surface area contributed by atoms with Crippen LogP contribution in [0.5, 0.6) is 0 Å². The molecule has 5 heteroatoms. The van der Waals surface area contributed by atoms with E-state index >= 15 is 0 Å². The first kappa shape index (κ1) is 17.7. The lowest BCUT2D eigenvalue weighted by Gasteiger charge is -2.17. The van der Waals surface area contributed by atoms with Gasteiger partial charge in [0.2, 0.25) is 6.29 Å². The molecule has 2 aromatic carbocycles. The van der Waals surface area contributed by atoms with Gasteiger partial charge in [0.25, 0.3) is 0 Å². The lowest BCUT2D eigenvalue weighted by atomic mass is 9.97. The van der Waals surface area contributed by atoms with Crippen LogP contribution in [-0.4, -0.2) is 18.2 Å². The highest BCUT2D eigenvalue weighted by Gasteiger charge is 2.21. The third-order valence-corrected chi connectivity index (χ3v) is 3.55. The van der Waals surface area contributed by atoms with Gasteiger partial charge in [-0.25, -0.2) is 4.39 Å². The molecule has 0 aromatic heterocycles. The van der Waals surface area contributed by atoms with Gasteiger partial charge in [0, 0.05) is 19.4 Å². The van der Waals surface area contributed by atoms with E-state index in [0.29, 0.717) is 11.1 Å². The van der Waals surface area contributed by atoms with Crippen LogP contribution in [0.2, 0.25) is 0 Å². The number of esters is 2. The highest BCUT2D eigenvalue weighted by Crippen LogP contribution is 2.26. The van der Waals surface area contributed by atoms with E-state index in [1.807, 2.05) is 30.3 Å². The largest absolute Gasteiger partial charge is 0.426 e. The maximum atomic E-state index is 14.4. The number of rotatable bonds is 5. The van der Waals surface area contributed by atoms with Crippen LogP contribution in [0.4, 0.5) is 4.39 Å². The molecule has 0 unspecified atom stereocenters. The van der Waals surface area contributed by atoms with Gasteiger partial charge in [-0.2, -0.15) is 0 Å². The molecule has 0 aliphatic heterocycles. The highest BCUT2D eigenvalue weighted by atomic mass is 19.1. The lowest BCUT2D eigenvalue weighted by Crippen LogP contribution is -2.23. The van der Waals surface area contributed by atoms with Gasteiger partial charge in [0.05, 0.1) is 5.92 Å². The summed E-state index contributed by atoms with van der Waals surface area (Å²) in [5.41, 5.74) is 1.72. The van der Waals surface area contributed by atoms with Gasteiger partial charge in [0.1, 0.15) is 5.82 Å². The van der Waals surface area contributed by atoms with Gasteiger partial charge >= 0.3 is 11.9 Å². The normalized spacial score (nSPS) is 13.0. The second-order valence-electron chi connectivity index (χ2n) is 5.44. The molecule has 0 N–H and O–H groups in total.